The molecule has 3 heteroatoms. The lowest BCUT2D eigenvalue weighted by Crippen LogP contribution is -2.22. The summed E-state index contributed by atoms with van der Waals surface area (Å²) >= 11 is 0. The van der Waals surface area contributed by atoms with Crippen LogP contribution in [-0.4, -0.2) is 5.96 Å². The molecule has 0 radical (unpaired) electrons. The van der Waals surface area contributed by atoms with Gasteiger partial charge in [-0.3, -0.25) is 0 Å². The highest BCUT2D eigenvalue weighted by atomic mass is 15.0. The van der Waals surface area contributed by atoms with E-state index in [1.807, 2.05) is 0 Å². The molecule has 0 bridgehead atoms. The number of benzene rings is 1. The molecular formula is C11H15N3. The number of aliphatic imine (C=N–C) groups is 1. The molecule has 1 aliphatic carbocycles. The van der Waals surface area contributed by atoms with Crippen LogP contribution < -0.4 is 11.5 Å². The predicted octanol–water partition coefficient (Wildman–Crippen LogP) is 0.949. The van der Waals surface area contributed by atoms with Crippen LogP contribution in [0.15, 0.2) is 23.2 Å². The molecule has 0 saturated carbocycles. The molecule has 4 N–H and O–H groups in total. The molecule has 0 spiro atoms. The van der Waals surface area contributed by atoms with Gasteiger partial charge >= 0.3 is 0 Å². The minimum Gasteiger partial charge on any atom is -0.370 e. The fourth-order valence-corrected chi connectivity index (χ4v) is 1.91. The molecule has 1 aromatic carbocycles. The molecule has 1 aromatic rings. The van der Waals surface area contributed by atoms with E-state index in [0.717, 1.165) is 0 Å². The van der Waals surface area contributed by atoms with Crippen molar-refractivity contribution in [2.45, 2.75) is 25.8 Å². The van der Waals surface area contributed by atoms with Gasteiger partial charge in [0.15, 0.2) is 5.96 Å². The fourth-order valence-electron chi connectivity index (χ4n) is 1.91. The van der Waals surface area contributed by atoms with Crippen molar-refractivity contribution in [1.29, 1.82) is 0 Å². The van der Waals surface area contributed by atoms with Crippen LogP contribution in [0.25, 0.3) is 0 Å². The minimum atomic E-state index is 0.158. The SMILES string of the molecule is NC(N)=NCc1ccc2c(c1)CCC2. The zero-order chi connectivity index (χ0) is 9.97. The van der Waals surface area contributed by atoms with Crippen molar-refractivity contribution in [3.8, 4) is 0 Å². The Bertz CT molecular complexity index is 365. The fraction of sp³-hybridized carbons (Fsp3) is 0.364. The summed E-state index contributed by atoms with van der Waals surface area (Å²) in [7, 11) is 0. The largest absolute Gasteiger partial charge is 0.370 e. The average Bonchev–Trinajstić information content (AvgIpc) is 2.61. The first-order valence-electron chi connectivity index (χ1n) is 4.92. The Kier molecular flexibility index (Phi) is 2.39. The molecule has 0 unspecified atom stereocenters. The molecule has 0 amide bonds. The van der Waals surface area contributed by atoms with E-state index in [1.54, 1.807) is 0 Å². The lowest BCUT2D eigenvalue weighted by molar-refractivity contribution is 0.911. The quantitative estimate of drug-likeness (QED) is 0.537. The molecule has 0 aromatic heterocycles. The van der Waals surface area contributed by atoms with Crippen LogP contribution in [-0.2, 0) is 19.4 Å². The highest BCUT2D eigenvalue weighted by Gasteiger charge is 2.10. The van der Waals surface area contributed by atoms with Crippen molar-refractivity contribution in [3.63, 3.8) is 0 Å². The lowest BCUT2D eigenvalue weighted by Gasteiger charge is -2.02. The van der Waals surface area contributed by atoms with E-state index < -0.39 is 0 Å². The summed E-state index contributed by atoms with van der Waals surface area (Å²) in [6.07, 6.45) is 3.70. The maximum Gasteiger partial charge on any atom is 0.186 e. The van der Waals surface area contributed by atoms with Gasteiger partial charge in [-0.25, -0.2) is 4.99 Å². The second kappa shape index (κ2) is 3.70. The highest BCUT2D eigenvalue weighted by molar-refractivity contribution is 5.75. The summed E-state index contributed by atoms with van der Waals surface area (Å²) in [5.41, 5.74) is 14.7. The Morgan fingerprint density at radius 2 is 2.00 bits per heavy atom. The maximum absolute atomic E-state index is 5.28. The van der Waals surface area contributed by atoms with Gasteiger partial charge in [0.05, 0.1) is 6.54 Å². The second-order valence-corrected chi connectivity index (χ2v) is 3.70. The summed E-state index contributed by atoms with van der Waals surface area (Å²) in [5.74, 6) is 0.158. The zero-order valence-corrected chi connectivity index (χ0v) is 8.16. The Hall–Kier alpha value is -1.51. The van der Waals surface area contributed by atoms with Gasteiger partial charge in [0.1, 0.15) is 0 Å². The number of hydrogen-bond donors (Lipinski definition) is 2. The van der Waals surface area contributed by atoms with Gasteiger partial charge in [-0.2, -0.15) is 0 Å². The molecule has 0 saturated heterocycles. The molecule has 74 valence electrons. The molecule has 1 aliphatic rings. The van der Waals surface area contributed by atoms with Gasteiger partial charge in [0, 0.05) is 0 Å². The van der Waals surface area contributed by atoms with Gasteiger partial charge in [-0.1, -0.05) is 18.2 Å². The van der Waals surface area contributed by atoms with Crippen molar-refractivity contribution >= 4 is 5.96 Å². The third-order valence-corrected chi connectivity index (χ3v) is 2.61. The van der Waals surface area contributed by atoms with Crippen molar-refractivity contribution in [2.75, 3.05) is 0 Å². The Labute approximate surface area is 83.8 Å². The van der Waals surface area contributed by atoms with Gasteiger partial charge in [0.2, 0.25) is 0 Å². The molecule has 2 rings (SSSR count). The third kappa shape index (κ3) is 1.87. The summed E-state index contributed by atoms with van der Waals surface area (Å²) in [4.78, 5) is 3.99. The van der Waals surface area contributed by atoms with Crippen LogP contribution >= 0.6 is 0 Å². The van der Waals surface area contributed by atoms with Gasteiger partial charge < -0.3 is 11.5 Å². The number of aryl methyl sites for hydroxylation is 2. The van der Waals surface area contributed by atoms with Crippen molar-refractivity contribution in [1.82, 2.24) is 0 Å². The van der Waals surface area contributed by atoms with Crippen LogP contribution in [0.4, 0.5) is 0 Å². The number of nitrogens with two attached hydrogens (primary N) is 2. The molecule has 0 atom stereocenters. The Morgan fingerprint density at radius 3 is 2.79 bits per heavy atom. The first-order valence-corrected chi connectivity index (χ1v) is 4.92. The normalized spacial score (nSPS) is 13.7. The first-order chi connectivity index (χ1) is 6.75. The maximum atomic E-state index is 5.28. The third-order valence-electron chi connectivity index (χ3n) is 2.61. The Balaban J connectivity index is 2.17. The number of hydrogen-bond acceptors (Lipinski definition) is 1. The van der Waals surface area contributed by atoms with Gasteiger partial charge in [0.25, 0.3) is 0 Å². The molecule has 14 heavy (non-hydrogen) atoms. The topological polar surface area (TPSA) is 64.4 Å². The van der Waals surface area contributed by atoms with Crippen molar-refractivity contribution < 1.29 is 0 Å². The van der Waals surface area contributed by atoms with Gasteiger partial charge in [-0.15, -0.1) is 0 Å². The molecule has 0 heterocycles. The predicted molar refractivity (Wildman–Crippen MR) is 58.0 cm³/mol. The number of fused-ring (bicyclic) bond motifs is 1. The standard InChI is InChI=1S/C11H15N3/c12-11(13)14-7-8-4-5-9-2-1-3-10(9)6-8/h4-6H,1-3,7H2,(H4,12,13,14). The lowest BCUT2D eigenvalue weighted by atomic mass is 10.1. The second-order valence-electron chi connectivity index (χ2n) is 3.70. The monoisotopic (exact) mass is 189 g/mol. The smallest absolute Gasteiger partial charge is 0.186 e. The van der Waals surface area contributed by atoms with Crippen molar-refractivity contribution in [3.05, 3.63) is 34.9 Å². The summed E-state index contributed by atoms with van der Waals surface area (Å²) < 4.78 is 0. The zero-order valence-electron chi connectivity index (χ0n) is 8.16. The number of guanidine groups is 1. The Morgan fingerprint density at radius 1 is 1.21 bits per heavy atom. The van der Waals surface area contributed by atoms with E-state index >= 15 is 0 Å². The first kappa shape index (κ1) is 9.06. The van der Waals surface area contributed by atoms with E-state index in [4.69, 9.17) is 11.5 Å². The highest BCUT2D eigenvalue weighted by Crippen LogP contribution is 2.22. The number of nitrogens with zero attached hydrogens (tertiary/aromatic N) is 1. The number of rotatable bonds is 2. The molecule has 0 aliphatic heterocycles. The van der Waals surface area contributed by atoms with Crippen LogP contribution in [0.5, 0.6) is 0 Å². The average molecular weight is 189 g/mol. The van der Waals surface area contributed by atoms with Crippen LogP contribution in [0.1, 0.15) is 23.1 Å². The van der Waals surface area contributed by atoms with E-state index in [1.165, 1.54) is 36.0 Å². The summed E-state index contributed by atoms with van der Waals surface area (Å²) in [6, 6.07) is 6.52. The van der Waals surface area contributed by atoms with E-state index in [9.17, 15) is 0 Å². The minimum absolute atomic E-state index is 0.158. The molecule has 3 nitrogen and oxygen atoms in total. The van der Waals surface area contributed by atoms with Crippen LogP contribution in [0.2, 0.25) is 0 Å². The molecule has 0 fully saturated rings. The van der Waals surface area contributed by atoms with E-state index in [-0.39, 0.29) is 5.96 Å². The van der Waals surface area contributed by atoms with Crippen LogP contribution in [0, 0.1) is 0 Å². The van der Waals surface area contributed by atoms with Crippen molar-refractivity contribution in [2.24, 2.45) is 16.5 Å². The summed E-state index contributed by atoms with van der Waals surface area (Å²) in [6.45, 7) is 0.593. The van der Waals surface area contributed by atoms with E-state index in [0.29, 0.717) is 6.54 Å². The molecular weight excluding hydrogens is 174 g/mol. The van der Waals surface area contributed by atoms with Gasteiger partial charge in [-0.05, 0) is 36.0 Å². The van der Waals surface area contributed by atoms with E-state index in [2.05, 4.69) is 23.2 Å². The van der Waals surface area contributed by atoms with Crippen LogP contribution in [0.3, 0.4) is 0 Å². The summed E-state index contributed by atoms with van der Waals surface area (Å²) in [5, 5.41) is 0.